The average molecular weight is 304 g/mol. The van der Waals surface area contributed by atoms with E-state index >= 15 is 0 Å². The Balaban J connectivity index is 2.22. The number of H-pyrrole nitrogens is 1. The lowest BCUT2D eigenvalue weighted by Gasteiger charge is -2.09. The van der Waals surface area contributed by atoms with E-state index in [2.05, 4.69) is 9.72 Å². The molecule has 0 aliphatic carbocycles. The van der Waals surface area contributed by atoms with Crippen LogP contribution in [-0.4, -0.2) is 28.9 Å². The Kier molecular flexibility index (Phi) is 4.57. The fraction of sp³-hybridized carbons (Fsp3) is 0.267. The maximum atomic E-state index is 11.6. The molecule has 2 rings (SSSR count). The fourth-order valence-corrected chi connectivity index (χ4v) is 2.09. The Morgan fingerprint density at radius 2 is 1.95 bits per heavy atom. The number of benzene rings is 1. The zero-order valence-electron chi connectivity index (χ0n) is 12.2. The molecule has 1 aromatic carbocycles. The number of aromatic amines is 1. The first-order chi connectivity index (χ1) is 10.4. The van der Waals surface area contributed by atoms with Crippen LogP contribution in [0, 0.1) is 0 Å². The lowest BCUT2D eigenvalue weighted by molar-refractivity contribution is -0.159. The molecule has 7 nitrogen and oxygen atoms in total. The first-order valence-electron chi connectivity index (χ1n) is 6.63. The minimum atomic E-state index is -0.958. The minimum absolute atomic E-state index is 0.190. The highest BCUT2D eigenvalue weighted by molar-refractivity contribution is 5.89. The lowest BCUT2D eigenvalue weighted by atomic mass is 10.1. The Labute approximate surface area is 126 Å². The van der Waals surface area contributed by atoms with Crippen LogP contribution in [0.15, 0.2) is 24.4 Å². The summed E-state index contributed by atoms with van der Waals surface area (Å²) in [5.41, 5.74) is 7.32. The third kappa shape index (κ3) is 3.70. The zero-order valence-corrected chi connectivity index (χ0v) is 12.2. The Morgan fingerprint density at radius 1 is 1.23 bits per heavy atom. The summed E-state index contributed by atoms with van der Waals surface area (Å²) in [6.45, 7) is 2.46. The van der Waals surface area contributed by atoms with Crippen LogP contribution in [-0.2, 0) is 25.5 Å². The fourth-order valence-electron chi connectivity index (χ4n) is 2.09. The van der Waals surface area contributed by atoms with Crippen molar-refractivity contribution in [3.8, 4) is 5.75 Å². The van der Waals surface area contributed by atoms with Gasteiger partial charge in [-0.25, -0.2) is 4.79 Å². The third-order valence-corrected chi connectivity index (χ3v) is 2.99. The molecule has 0 saturated heterocycles. The minimum Gasteiger partial charge on any atom is -0.427 e. The van der Waals surface area contributed by atoms with Gasteiger partial charge < -0.3 is 20.2 Å². The predicted octanol–water partition coefficient (Wildman–Crippen LogP) is 1.05. The molecule has 7 heteroatoms. The summed E-state index contributed by atoms with van der Waals surface area (Å²) < 4.78 is 9.50. The van der Waals surface area contributed by atoms with Gasteiger partial charge in [0.15, 0.2) is 0 Å². The van der Waals surface area contributed by atoms with Crippen LogP contribution in [0.2, 0.25) is 0 Å². The second-order valence-electron chi connectivity index (χ2n) is 4.84. The van der Waals surface area contributed by atoms with E-state index in [9.17, 15) is 14.4 Å². The van der Waals surface area contributed by atoms with E-state index in [1.54, 1.807) is 24.4 Å². The van der Waals surface area contributed by atoms with Crippen molar-refractivity contribution in [2.24, 2.45) is 5.73 Å². The van der Waals surface area contributed by atoms with E-state index in [0.717, 1.165) is 23.4 Å². The SMILES string of the molecule is CC(=O)OC(=O)[C@@H](N)Cc1c[nH]c2ccc(OC(C)=O)cc12. The molecule has 0 aliphatic heterocycles. The van der Waals surface area contributed by atoms with Crippen molar-refractivity contribution in [3.63, 3.8) is 0 Å². The van der Waals surface area contributed by atoms with Crippen molar-refractivity contribution in [2.75, 3.05) is 0 Å². The second-order valence-corrected chi connectivity index (χ2v) is 4.84. The van der Waals surface area contributed by atoms with Crippen molar-refractivity contribution in [3.05, 3.63) is 30.0 Å². The van der Waals surface area contributed by atoms with Crippen LogP contribution in [0.3, 0.4) is 0 Å². The number of esters is 3. The van der Waals surface area contributed by atoms with Gasteiger partial charge in [-0.05, 0) is 23.8 Å². The summed E-state index contributed by atoms with van der Waals surface area (Å²) in [4.78, 5) is 36.4. The third-order valence-electron chi connectivity index (χ3n) is 2.99. The van der Waals surface area contributed by atoms with Crippen molar-refractivity contribution in [1.82, 2.24) is 4.98 Å². The van der Waals surface area contributed by atoms with Crippen LogP contribution >= 0.6 is 0 Å². The van der Waals surface area contributed by atoms with E-state index < -0.39 is 23.9 Å². The largest absolute Gasteiger partial charge is 0.427 e. The maximum absolute atomic E-state index is 11.6. The predicted molar refractivity (Wildman–Crippen MR) is 78.1 cm³/mol. The van der Waals surface area contributed by atoms with E-state index in [1.165, 1.54) is 6.92 Å². The number of carbonyl (C=O) groups is 3. The van der Waals surface area contributed by atoms with Gasteiger partial charge in [0, 0.05) is 37.4 Å². The molecule has 0 fully saturated rings. The molecule has 0 aliphatic rings. The Bertz CT molecular complexity index is 735. The van der Waals surface area contributed by atoms with Crippen LogP contribution in [0.4, 0.5) is 0 Å². The lowest BCUT2D eigenvalue weighted by Crippen LogP contribution is -2.35. The molecule has 1 atom stereocenters. The van der Waals surface area contributed by atoms with Gasteiger partial charge in [-0.2, -0.15) is 0 Å². The molecule has 0 radical (unpaired) electrons. The molecule has 1 aromatic heterocycles. The second kappa shape index (κ2) is 6.40. The van der Waals surface area contributed by atoms with E-state index in [-0.39, 0.29) is 6.42 Å². The quantitative estimate of drug-likeness (QED) is 0.496. The van der Waals surface area contributed by atoms with Crippen LogP contribution in [0.5, 0.6) is 5.75 Å². The van der Waals surface area contributed by atoms with Gasteiger partial charge in [0.1, 0.15) is 11.8 Å². The van der Waals surface area contributed by atoms with Crippen molar-refractivity contribution in [2.45, 2.75) is 26.3 Å². The molecular formula is C15H16N2O5. The Hall–Kier alpha value is -2.67. The number of nitrogens with one attached hydrogen (secondary N) is 1. The molecule has 2 aromatic rings. The molecule has 22 heavy (non-hydrogen) atoms. The van der Waals surface area contributed by atoms with E-state index in [0.29, 0.717) is 5.75 Å². The summed E-state index contributed by atoms with van der Waals surface area (Å²) in [6, 6.07) is 4.15. The first-order valence-corrected chi connectivity index (χ1v) is 6.63. The number of hydrogen-bond acceptors (Lipinski definition) is 6. The molecule has 0 spiro atoms. The molecule has 0 bridgehead atoms. The zero-order chi connectivity index (χ0) is 16.3. The van der Waals surface area contributed by atoms with Crippen molar-refractivity contribution in [1.29, 1.82) is 0 Å². The van der Waals surface area contributed by atoms with Crippen LogP contribution in [0.1, 0.15) is 19.4 Å². The summed E-state index contributed by atoms with van der Waals surface area (Å²) >= 11 is 0. The van der Waals surface area contributed by atoms with Gasteiger partial charge in [-0.3, -0.25) is 9.59 Å². The monoisotopic (exact) mass is 304 g/mol. The van der Waals surface area contributed by atoms with E-state index in [1.807, 2.05) is 0 Å². The summed E-state index contributed by atoms with van der Waals surface area (Å²) in [5.74, 6) is -1.49. The molecule has 116 valence electrons. The molecule has 3 N–H and O–H groups in total. The number of nitrogens with two attached hydrogens (primary N) is 1. The smallest absolute Gasteiger partial charge is 0.330 e. The normalized spacial score (nSPS) is 12.0. The van der Waals surface area contributed by atoms with Gasteiger partial charge >= 0.3 is 17.9 Å². The van der Waals surface area contributed by atoms with Gasteiger partial charge in [-0.15, -0.1) is 0 Å². The van der Waals surface area contributed by atoms with Crippen molar-refractivity contribution >= 4 is 28.8 Å². The number of aromatic nitrogens is 1. The number of fused-ring (bicyclic) bond motifs is 1. The first kappa shape index (κ1) is 15.7. The van der Waals surface area contributed by atoms with E-state index in [4.69, 9.17) is 10.5 Å². The topological polar surface area (TPSA) is 111 Å². The van der Waals surface area contributed by atoms with Gasteiger partial charge in [0.05, 0.1) is 0 Å². The molecule has 0 unspecified atom stereocenters. The Morgan fingerprint density at radius 3 is 2.59 bits per heavy atom. The molecule has 0 saturated carbocycles. The number of rotatable bonds is 4. The number of carbonyl (C=O) groups excluding carboxylic acids is 3. The van der Waals surface area contributed by atoms with Gasteiger partial charge in [-0.1, -0.05) is 0 Å². The summed E-state index contributed by atoms with van der Waals surface area (Å²) in [7, 11) is 0. The van der Waals surface area contributed by atoms with Crippen LogP contribution < -0.4 is 10.5 Å². The summed E-state index contributed by atoms with van der Waals surface area (Å²) in [6.07, 6.45) is 1.90. The number of hydrogen-bond donors (Lipinski definition) is 2. The van der Waals surface area contributed by atoms with Gasteiger partial charge in [0.2, 0.25) is 0 Å². The highest BCUT2D eigenvalue weighted by atomic mass is 16.6. The number of ether oxygens (including phenoxy) is 2. The van der Waals surface area contributed by atoms with Crippen molar-refractivity contribution < 1.29 is 23.9 Å². The molecule has 1 heterocycles. The molecular weight excluding hydrogens is 288 g/mol. The maximum Gasteiger partial charge on any atom is 0.330 e. The van der Waals surface area contributed by atoms with Gasteiger partial charge in [0.25, 0.3) is 0 Å². The van der Waals surface area contributed by atoms with Crippen LogP contribution in [0.25, 0.3) is 10.9 Å². The summed E-state index contributed by atoms with van der Waals surface area (Å²) in [5, 5.41) is 0.782. The highest BCUT2D eigenvalue weighted by Crippen LogP contribution is 2.24. The average Bonchev–Trinajstić information content (AvgIpc) is 2.80. The highest BCUT2D eigenvalue weighted by Gasteiger charge is 2.19. The molecule has 0 amide bonds. The standard InChI is InChI=1S/C15H16N2O5/c1-8(18)21-11-3-4-14-12(6-11)10(7-17-14)5-13(16)15(20)22-9(2)19/h3-4,6-7,13,17H,5,16H2,1-2H3/t13-/m0/s1.